The standard InChI is InChI=1S/C30H23N3O6/c1-36-27-15-20-9-12-33-26(24(20)16-28(27)37-2)14-19-7-8-23(29(34)38-21-5-3-10-31-17-21)25(13-19)30(35)39-22-6-4-11-32-18-22/h3-13,15-18H,14H2,1-2H3. The number of carbonyl (C=O) groups is 2. The van der Waals surface area contributed by atoms with E-state index in [2.05, 4.69) is 15.0 Å². The van der Waals surface area contributed by atoms with Crippen LogP contribution in [0.2, 0.25) is 0 Å². The molecular weight excluding hydrogens is 498 g/mol. The molecule has 9 nitrogen and oxygen atoms in total. The van der Waals surface area contributed by atoms with Gasteiger partial charge >= 0.3 is 11.9 Å². The van der Waals surface area contributed by atoms with E-state index >= 15 is 0 Å². The van der Waals surface area contributed by atoms with Crippen molar-refractivity contribution in [3.63, 3.8) is 0 Å². The lowest BCUT2D eigenvalue weighted by Crippen LogP contribution is -2.18. The van der Waals surface area contributed by atoms with Crippen molar-refractivity contribution in [2.24, 2.45) is 0 Å². The highest BCUT2D eigenvalue weighted by Crippen LogP contribution is 2.33. The van der Waals surface area contributed by atoms with Gasteiger partial charge in [-0.1, -0.05) is 6.07 Å². The van der Waals surface area contributed by atoms with Crippen LogP contribution in [0.1, 0.15) is 32.0 Å². The van der Waals surface area contributed by atoms with Gasteiger partial charge in [0, 0.05) is 30.4 Å². The highest BCUT2D eigenvalue weighted by atomic mass is 16.5. The van der Waals surface area contributed by atoms with E-state index in [1.165, 1.54) is 12.4 Å². The molecule has 0 saturated heterocycles. The lowest BCUT2D eigenvalue weighted by molar-refractivity contribution is 0.0691. The zero-order chi connectivity index (χ0) is 27.2. The molecule has 9 heteroatoms. The van der Waals surface area contributed by atoms with Crippen LogP contribution in [-0.4, -0.2) is 41.1 Å². The summed E-state index contributed by atoms with van der Waals surface area (Å²) in [5.74, 6) is 0.249. The maximum Gasteiger partial charge on any atom is 0.344 e. The summed E-state index contributed by atoms with van der Waals surface area (Å²) < 4.78 is 21.8. The molecule has 5 aromatic rings. The van der Waals surface area contributed by atoms with E-state index in [4.69, 9.17) is 18.9 Å². The van der Waals surface area contributed by atoms with Gasteiger partial charge in [-0.15, -0.1) is 0 Å². The van der Waals surface area contributed by atoms with Gasteiger partial charge in [0.15, 0.2) is 11.5 Å². The Morgan fingerprint density at radius 2 is 1.36 bits per heavy atom. The summed E-state index contributed by atoms with van der Waals surface area (Å²) in [5, 5.41) is 1.79. The van der Waals surface area contributed by atoms with Crippen LogP contribution in [0.15, 0.2) is 91.6 Å². The summed E-state index contributed by atoms with van der Waals surface area (Å²) in [6.45, 7) is 0. The number of esters is 2. The molecule has 0 bridgehead atoms. The average molecular weight is 522 g/mol. The number of ether oxygens (including phenoxy) is 4. The summed E-state index contributed by atoms with van der Waals surface area (Å²) in [6.07, 6.45) is 8.04. The second kappa shape index (κ2) is 11.4. The Kier molecular flexibility index (Phi) is 7.40. The molecule has 0 atom stereocenters. The van der Waals surface area contributed by atoms with Crippen molar-refractivity contribution in [2.75, 3.05) is 14.2 Å². The molecule has 0 aliphatic carbocycles. The second-order valence-corrected chi connectivity index (χ2v) is 8.40. The van der Waals surface area contributed by atoms with Crippen molar-refractivity contribution in [1.82, 2.24) is 15.0 Å². The van der Waals surface area contributed by atoms with Crippen LogP contribution in [0.3, 0.4) is 0 Å². The summed E-state index contributed by atoms with van der Waals surface area (Å²) in [7, 11) is 3.15. The van der Waals surface area contributed by atoms with Crippen LogP contribution in [-0.2, 0) is 6.42 Å². The molecule has 0 amide bonds. The Hall–Kier alpha value is -5.31. The molecule has 3 heterocycles. The van der Waals surface area contributed by atoms with E-state index < -0.39 is 11.9 Å². The molecule has 39 heavy (non-hydrogen) atoms. The van der Waals surface area contributed by atoms with Crippen LogP contribution in [0.25, 0.3) is 10.8 Å². The Bertz CT molecular complexity index is 1640. The normalized spacial score (nSPS) is 10.6. The highest BCUT2D eigenvalue weighted by molar-refractivity contribution is 6.04. The smallest absolute Gasteiger partial charge is 0.344 e. The van der Waals surface area contributed by atoms with Gasteiger partial charge in [-0.3, -0.25) is 15.0 Å². The van der Waals surface area contributed by atoms with Gasteiger partial charge in [0.2, 0.25) is 0 Å². The highest BCUT2D eigenvalue weighted by Gasteiger charge is 2.22. The van der Waals surface area contributed by atoms with Crippen molar-refractivity contribution < 1.29 is 28.5 Å². The number of rotatable bonds is 8. The number of benzene rings is 2. The Morgan fingerprint density at radius 1 is 0.718 bits per heavy atom. The Balaban J connectivity index is 1.52. The van der Waals surface area contributed by atoms with Crippen molar-refractivity contribution in [3.05, 3.63) is 114 Å². The fourth-order valence-electron chi connectivity index (χ4n) is 4.08. The molecule has 0 radical (unpaired) electrons. The first-order chi connectivity index (χ1) is 19.1. The quantitative estimate of drug-likeness (QED) is 0.258. The van der Waals surface area contributed by atoms with Gasteiger partial charge in [-0.2, -0.15) is 0 Å². The molecule has 5 rings (SSSR count). The number of carbonyl (C=O) groups excluding carboxylic acids is 2. The third kappa shape index (κ3) is 5.67. The van der Waals surface area contributed by atoms with Crippen molar-refractivity contribution in [3.8, 4) is 23.0 Å². The molecule has 0 fully saturated rings. The lowest BCUT2D eigenvalue weighted by Gasteiger charge is -2.13. The minimum Gasteiger partial charge on any atom is -0.493 e. The molecule has 3 aromatic heterocycles. The van der Waals surface area contributed by atoms with E-state index in [0.29, 0.717) is 17.9 Å². The SMILES string of the molecule is COc1cc2ccnc(Cc3ccc(C(=O)Oc4cccnc4)c(C(=O)Oc4cccnc4)c3)c2cc1OC. The third-order valence-electron chi connectivity index (χ3n) is 5.94. The van der Waals surface area contributed by atoms with Crippen LogP contribution < -0.4 is 18.9 Å². The van der Waals surface area contributed by atoms with Gasteiger partial charge in [-0.05, 0) is 65.5 Å². The fraction of sp³-hybridized carbons (Fsp3) is 0.100. The van der Waals surface area contributed by atoms with Crippen LogP contribution in [0.5, 0.6) is 23.0 Å². The number of pyridine rings is 3. The molecular formula is C30H23N3O6. The molecule has 0 N–H and O–H groups in total. The first-order valence-corrected chi connectivity index (χ1v) is 11.9. The fourth-order valence-corrected chi connectivity index (χ4v) is 4.08. The van der Waals surface area contributed by atoms with E-state index in [1.807, 2.05) is 18.2 Å². The zero-order valence-electron chi connectivity index (χ0n) is 21.2. The van der Waals surface area contributed by atoms with Gasteiger partial charge in [0.1, 0.15) is 11.5 Å². The molecule has 0 spiro atoms. The summed E-state index contributed by atoms with van der Waals surface area (Å²) in [6, 6.07) is 17.0. The van der Waals surface area contributed by atoms with Crippen molar-refractivity contribution >= 4 is 22.7 Å². The van der Waals surface area contributed by atoms with Gasteiger partial charge < -0.3 is 18.9 Å². The molecule has 194 valence electrons. The number of fused-ring (bicyclic) bond motifs is 1. The van der Waals surface area contributed by atoms with E-state index in [1.54, 1.807) is 75.3 Å². The maximum absolute atomic E-state index is 13.2. The summed E-state index contributed by atoms with van der Waals surface area (Å²) in [4.78, 5) is 38.8. The number of hydrogen-bond donors (Lipinski definition) is 0. The maximum atomic E-state index is 13.2. The van der Waals surface area contributed by atoms with Crippen LogP contribution >= 0.6 is 0 Å². The van der Waals surface area contributed by atoms with E-state index in [0.717, 1.165) is 22.0 Å². The minimum atomic E-state index is -0.722. The van der Waals surface area contributed by atoms with Crippen LogP contribution in [0, 0.1) is 0 Å². The molecule has 0 unspecified atom stereocenters. The number of aromatic nitrogens is 3. The topological polar surface area (TPSA) is 110 Å². The Morgan fingerprint density at radius 3 is 1.97 bits per heavy atom. The molecule has 0 saturated carbocycles. The third-order valence-corrected chi connectivity index (χ3v) is 5.94. The largest absolute Gasteiger partial charge is 0.493 e. The first-order valence-electron chi connectivity index (χ1n) is 11.9. The molecule has 0 aliphatic rings. The molecule has 0 aliphatic heterocycles. The second-order valence-electron chi connectivity index (χ2n) is 8.40. The van der Waals surface area contributed by atoms with E-state index in [9.17, 15) is 9.59 Å². The van der Waals surface area contributed by atoms with Crippen LogP contribution in [0.4, 0.5) is 0 Å². The number of hydrogen-bond acceptors (Lipinski definition) is 9. The summed E-state index contributed by atoms with van der Waals surface area (Å²) in [5.41, 5.74) is 1.59. The van der Waals surface area contributed by atoms with E-state index in [-0.39, 0.29) is 22.6 Å². The van der Waals surface area contributed by atoms with Gasteiger partial charge in [0.25, 0.3) is 0 Å². The van der Waals surface area contributed by atoms with Gasteiger partial charge in [-0.25, -0.2) is 9.59 Å². The lowest BCUT2D eigenvalue weighted by atomic mass is 9.98. The van der Waals surface area contributed by atoms with Gasteiger partial charge in [0.05, 0.1) is 43.4 Å². The predicted octanol–water partition coefficient (Wildman–Crippen LogP) is 5.07. The summed E-state index contributed by atoms with van der Waals surface area (Å²) >= 11 is 0. The van der Waals surface area contributed by atoms with Crippen molar-refractivity contribution in [1.29, 1.82) is 0 Å². The predicted molar refractivity (Wildman–Crippen MR) is 142 cm³/mol. The minimum absolute atomic E-state index is 0.0460. The first kappa shape index (κ1) is 25.3. The monoisotopic (exact) mass is 521 g/mol. The van der Waals surface area contributed by atoms with Crippen molar-refractivity contribution in [2.45, 2.75) is 6.42 Å². The number of nitrogens with zero attached hydrogens (tertiary/aromatic N) is 3. The average Bonchev–Trinajstić information content (AvgIpc) is 2.97. The molecule has 2 aromatic carbocycles. The number of methoxy groups -OCH3 is 2. The zero-order valence-corrected chi connectivity index (χ0v) is 21.2. The Labute approximate surface area is 224 Å².